The van der Waals surface area contributed by atoms with Gasteiger partial charge in [0.05, 0.1) is 16.3 Å². The van der Waals surface area contributed by atoms with Crippen molar-refractivity contribution in [2.45, 2.75) is 6.92 Å². The highest BCUT2D eigenvalue weighted by Gasteiger charge is 2.14. The third-order valence-corrected chi connectivity index (χ3v) is 3.90. The normalized spacial score (nSPS) is 10.7. The summed E-state index contributed by atoms with van der Waals surface area (Å²) in [5.74, 6) is 0. The number of benzene rings is 2. The van der Waals surface area contributed by atoms with Crippen molar-refractivity contribution in [2.75, 3.05) is 0 Å². The van der Waals surface area contributed by atoms with Gasteiger partial charge in [0.25, 0.3) is 0 Å². The van der Waals surface area contributed by atoms with Gasteiger partial charge in [0.15, 0.2) is 6.29 Å². The van der Waals surface area contributed by atoms with Crippen molar-refractivity contribution < 1.29 is 4.79 Å². The summed E-state index contributed by atoms with van der Waals surface area (Å²) >= 11 is 12.1. The van der Waals surface area contributed by atoms with Crippen LogP contribution in [0.1, 0.15) is 15.9 Å². The topological polar surface area (TPSA) is 34.9 Å². The first-order valence-electron chi connectivity index (χ1n) is 6.66. The molecule has 0 N–H and O–H groups in total. The maximum absolute atomic E-state index is 11.4. The second kappa shape index (κ2) is 5.95. The highest BCUT2D eigenvalue weighted by Crippen LogP contribution is 2.31. The molecule has 2 aromatic carbocycles. The minimum absolute atomic E-state index is 0.463. The predicted octanol–water partition coefficient (Wildman–Crippen LogP) is 4.97. The van der Waals surface area contributed by atoms with Crippen molar-refractivity contribution in [1.82, 2.24) is 9.78 Å². The zero-order valence-electron chi connectivity index (χ0n) is 11.8. The highest BCUT2D eigenvalue weighted by molar-refractivity contribution is 6.36. The van der Waals surface area contributed by atoms with Gasteiger partial charge in [-0.25, -0.2) is 4.68 Å². The van der Waals surface area contributed by atoms with Crippen LogP contribution < -0.4 is 0 Å². The lowest BCUT2D eigenvalue weighted by atomic mass is 10.1. The molecule has 3 nitrogen and oxygen atoms in total. The van der Waals surface area contributed by atoms with Crippen LogP contribution in [0.4, 0.5) is 0 Å². The summed E-state index contributed by atoms with van der Waals surface area (Å²) in [7, 11) is 0. The van der Waals surface area contributed by atoms with Crippen LogP contribution in [0.5, 0.6) is 0 Å². The number of aryl methyl sites for hydroxylation is 1. The molecule has 0 radical (unpaired) electrons. The average Bonchev–Trinajstić information content (AvgIpc) is 2.92. The summed E-state index contributed by atoms with van der Waals surface area (Å²) in [5, 5.41) is 5.50. The molecule has 110 valence electrons. The predicted molar refractivity (Wildman–Crippen MR) is 89.1 cm³/mol. The standard InChI is InChI=1S/C17H12Cl2N2O/c1-11-2-5-14(6-3-11)21-9-12(10-22)17(20-21)15-7-4-13(18)8-16(15)19/h2-10H,1H3. The molecule has 0 saturated heterocycles. The maximum atomic E-state index is 11.4. The Labute approximate surface area is 138 Å². The summed E-state index contributed by atoms with van der Waals surface area (Å²) in [4.78, 5) is 11.4. The largest absolute Gasteiger partial charge is 0.298 e. The molecule has 0 amide bonds. The van der Waals surface area contributed by atoms with Gasteiger partial charge < -0.3 is 0 Å². The number of rotatable bonds is 3. The molecule has 0 spiro atoms. The van der Waals surface area contributed by atoms with E-state index in [-0.39, 0.29) is 0 Å². The zero-order chi connectivity index (χ0) is 15.7. The molecule has 0 unspecified atom stereocenters. The summed E-state index contributed by atoms with van der Waals surface area (Å²) < 4.78 is 1.67. The number of aromatic nitrogens is 2. The minimum Gasteiger partial charge on any atom is -0.298 e. The van der Waals surface area contributed by atoms with Crippen LogP contribution in [0.2, 0.25) is 10.0 Å². The molecule has 1 heterocycles. The third-order valence-electron chi connectivity index (χ3n) is 3.35. The zero-order valence-corrected chi connectivity index (χ0v) is 13.3. The summed E-state index contributed by atoms with van der Waals surface area (Å²) in [6, 6.07) is 13.0. The van der Waals surface area contributed by atoms with Crippen molar-refractivity contribution in [3.8, 4) is 16.9 Å². The summed E-state index contributed by atoms with van der Waals surface area (Å²) in [5.41, 5.74) is 3.73. The van der Waals surface area contributed by atoms with E-state index in [0.29, 0.717) is 26.9 Å². The van der Waals surface area contributed by atoms with Crippen LogP contribution in [-0.2, 0) is 0 Å². The molecule has 3 aromatic rings. The number of nitrogens with zero attached hydrogens (tertiary/aromatic N) is 2. The highest BCUT2D eigenvalue weighted by atomic mass is 35.5. The maximum Gasteiger partial charge on any atom is 0.153 e. The molecule has 5 heteroatoms. The second-order valence-electron chi connectivity index (χ2n) is 4.96. The summed E-state index contributed by atoms with van der Waals surface area (Å²) in [6.45, 7) is 2.02. The number of aldehydes is 1. The van der Waals surface area contributed by atoms with E-state index >= 15 is 0 Å². The molecule has 0 aliphatic carbocycles. The van der Waals surface area contributed by atoms with Gasteiger partial charge >= 0.3 is 0 Å². The number of hydrogen-bond acceptors (Lipinski definition) is 2. The van der Waals surface area contributed by atoms with Gasteiger partial charge in [-0.1, -0.05) is 40.9 Å². The first-order valence-corrected chi connectivity index (χ1v) is 7.41. The number of carbonyl (C=O) groups excluding carboxylic acids is 1. The fourth-order valence-electron chi connectivity index (χ4n) is 2.19. The van der Waals surface area contributed by atoms with Crippen LogP contribution in [0, 0.1) is 6.92 Å². The Morgan fingerprint density at radius 1 is 1.09 bits per heavy atom. The molecule has 0 atom stereocenters. The molecule has 22 heavy (non-hydrogen) atoms. The number of hydrogen-bond donors (Lipinski definition) is 0. The van der Waals surface area contributed by atoms with Crippen LogP contribution in [0.15, 0.2) is 48.7 Å². The Hall–Kier alpha value is -2.10. The lowest BCUT2D eigenvalue weighted by molar-refractivity contribution is 0.112. The summed E-state index contributed by atoms with van der Waals surface area (Å²) in [6.07, 6.45) is 2.47. The van der Waals surface area contributed by atoms with Gasteiger partial charge in [-0.15, -0.1) is 0 Å². The Balaban J connectivity index is 2.12. The van der Waals surface area contributed by atoms with Gasteiger partial charge in [0.2, 0.25) is 0 Å². The monoisotopic (exact) mass is 330 g/mol. The quantitative estimate of drug-likeness (QED) is 0.635. The SMILES string of the molecule is Cc1ccc(-n2cc(C=O)c(-c3ccc(Cl)cc3Cl)n2)cc1. The van der Waals surface area contributed by atoms with Crippen LogP contribution in [0.3, 0.4) is 0 Å². The molecular weight excluding hydrogens is 319 g/mol. The van der Waals surface area contributed by atoms with Crippen molar-refractivity contribution >= 4 is 29.5 Å². The molecule has 0 aliphatic rings. The Bertz CT molecular complexity index is 838. The fraction of sp³-hybridized carbons (Fsp3) is 0.0588. The fourth-order valence-corrected chi connectivity index (χ4v) is 2.69. The van der Waals surface area contributed by atoms with Crippen molar-refractivity contribution in [3.63, 3.8) is 0 Å². The average molecular weight is 331 g/mol. The third kappa shape index (κ3) is 2.78. The van der Waals surface area contributed by atoms with E-state index in [1.807, 2.05) is 31.2 Å². The molecule has 0 bridgehead atoms. The molecular formula is C17H12Cl2N2O. The van der Waals surface area contributed by atoms with Crippen LogP contribution in [-0.4, -0.2) is 16.1 Å². The van der Waals surface area contributed by atoms with Gasteiger partial charge in [0.1, 0.15) is 5.69 Å². The van der Waals surface area contributed by atoms with Gasteiger partial charge in [-0.3, -0.25) is 4.79 Å². The molecule has 3 rings (SSSR count). The van der Waals surface area contributed by atoms with Gasteiger partial charge in [0, 0.05) is 16.8 Å². The first-order chi connectivity index (χ1) is 10.6. The van der Waals surface area contributed by atoms with E-state index in [4.69, 9.17) is 23.2 Å². The second-order valence-corrected chi connectivity index (χ2v) is 5.80. The lowest BCUT2D eigenvalue weighted by Crippen LogP contribution is -1.94. The van der Waals surface area contributed by atoms with Crippen molar-refractivity contribution in [2.24, 2.45) is 0 Å². The molecule has 0 fully saturated rings. The van der Waals surface area contributed by atoms with Crippen molar-refractivity contribution in [1.29, 1.82) is 0 Å². The van der Waals surface area contributed by atoms with Crippen LogP contribution >= 0.6 is 23.2 Å². The van der Waals surface area contributed by atoms with Gasteiger partial charge in [-0.05, 0) is 37.3 Å². The van der Waals surface area contributed by atoms with E-state index in [2.05, 4.69) is 5.10 Å². The van der Waals surface area contributed by atoms with E-state index in [1.54, 1.807) is 29.1 Å². The Morgan fingerprint density at radius 2 is 1.82 bits per heavy atom. The molecule has 0 aliphatic heterocycles. The molecule has 0 saturated carbocycles. The van der Waals surface area contributed by atoms with E-state index < -0.39 is 0 Å². The van der Waals surface area contributed by atoms with Crippen LogP contribution in [0.25, 0.3) is 16.9 Å². The van der Waals surface area contributed by atoms with Crippen molar-refractivity contribution in [3.05, 3.63) is 69.8 Å². The smallest absolute Gasteiger partial charge is 0.153 e. The Morgan fingerprint density at radius 3 is 2.45 bits per heavy atom. The van der Waals surface area contributed by atoms with E-state index in [0.717, 1.165) is 17.5 Å². The minimum atomic E-state index is 0.463. The van der Waals surface area contributed by atoms with Gasteiger partial charge in [-0.2, -0.15) is 5.10 Å². The Kier molecular flexibility index (Phi) is 4.01. The number of carbonyl (C=O) groups is 1. The lowest BCUT2D eigenvalue weighted by Gasteiger charge is -2.03. The van der Waals surface area contributed by atoms with E-state index in [9.17, 15) is 4.79 Å². The number of halogens is 2. The van der Waals surface area contributed by atoms with E-state index in [1.165, 1.54) is 0 Å². The first kappa shape index (κ1) is 14.8. The molecule has 1 aromatic heterocycles.